The average Bonchev–Trinajstić information content (AvgIpc) is 2.64. The van der Waals surface area contributed by atoms with E-state index in [0.717, 1.165) is 58.0 Å². The SMILES string of the molecule is CC(=O)N(CCCCCCN=CNN)NC(=O)OCCCCNCCC(C)N. The fraction of sp³-hybridized carbons (Fsp3) is 0.833. The molecule has 7 N–H and O–H groups in total. The van der Waals surface area contributed by atoms with Crippen LogP contribution in [0, 0.1) is 0 Å². The molecule has 0 heterocycles. The summed E-state index contributed by atoms with van der Waals surface area (Å²) in [7, 11) is 0. The number of nitrogens with two attached hydrogens (primary N) is 2. The zero-order valence-electron chi connectivity index (χ0n) is 17.4. The van der Waals surface area contributed by atoms with Gasteiger partial charge in [0, 0.05) is 26.1 Å². The summed E-state index contributed by atoms with van der Waals surface area (Å²) in [5.74, 6) is 4.86. The summed E-state index contributed by atoms with van der Waals surface area (Å²) >= 11 is 0. The summed E-state index contributed by atoms with van der Waals surface area (Å²) in [6.45, 7) is 6.66. The van der Waals surface area contributed by atoms with Crippen LogP contribution in [0.4, 0.5) is 4.79 Å². The second-order valence-electron chi connectivity index (χ2n) is 6.76. The molecule has 0 aliphatic rings. The summed E-state index contributed by atoms with van der Waals surface area (Å²) in [6.07, 6.45) is 7.18. The van der Waals surface area contributed by atoms with E-state index >= 15 is 0 Å². The number of hydrogen-bond donors (Lipinski definition) is 5. The molecule has 2 amide bonds. The minimum absolute atomic E-state index is 0.205. The van der Waals surface area contributed by atoms with Crippen LogP contribution < -0.4 is 27.7 Å². The normalized spacial score (nSPS) is 12.0. The molecule has 0 aliphatic heterocycles. The topological polar surface area (TPSA) is 147 Å². The lowest BCUT2D eigenvalue weighted by Crippen LogP contribution is -2.46. The van der Waals surface area contributed by atoms with Crippen LogP contribution in [0.5, 0.6) is 0 Å². The van der Waals surface area contributed by atoms with Gasteiger partial charge in [-0.25, -0.2) is 16.1 Å². The highest BCUT2D eigenvalue weighted by Crippen LogP contribution is 2.02. The number of amides is 2. The van der Waals surface area contributed by atoms with Crippen molar-refractivity contribution in [2.45, 2.75) is 64.8 Å². The Hall–Kier alpha value is -1.91. The third-order valence-electron chi connectivity index (χ3n) is 3.95. The van der Waals surface area contributed by atoms with Crippen molar-refractivity contribution >= 4 is 18.3 Å². The van der Waals surface area contributed by atoms with Crippen LogP contribution in [0.25, 0.3) is 0 Å². The van der Waals surface area contributed by atoms with Gasteiger partial charge in [0.05, 0.1) is 12.9 Å². The van der Waals surface area contributed by atoms with Gasteiger partial charge >= 0.3 is 6.09 Å². The van der Waals surface area contributed by atoms with E-state index in [1.54, 1.807) is 0 Å². The second kappa shape index (κ2) is 18.5. The average molecular weight is 402 g/mol. The van der Waals surface area contributed by atoms with Gasteiger partial charge in [0.2, 0.25) is 5.91 Å². The molecule has 0 radical (unpaired) electrons. The molecule has 0 bridgehead atoms. The molecule has 0 saturated heterocycles. The minimum Gasteiger partial charge on any atom is -0.448 e. The van der Waals surface area contributed by atoms with Gasteiger partial charge < -0.3 is 21.2 Å². The first-order valence-corrected chi connectivity index (χ1v) is 10.1. The number of ether oxygens (including phenoxy) is 1. The molecule has 10 heteroatoms. The Morgan fingerprint density at radius 1 is 1.14 bits per heavy atom. The molecule has 10 nitrogen and oxygen atoms in total. The molecule has 1 atom stereocenters. The fourth-order valence-electron chi connectivity index (χ4n) is 2.35. The Bertz CT molecular complexity index is 433. The first-order valence-electron chi connectivity index (χ1n) is 10.1. The number of rotatable bonds is 16. The number of aliphatic imine (C=N–C) groups is 1. The smallest absolute Gasteiger partial charge is 0.426 e. The summed E-state index contributed by atoms with van der Waals surface area (Å²) in [5.41, 5.74) is 10.5. The Morgan fingerprint density at radius 2 is 1.89 bits per heavy atom. The van der Waals surface area contributed by atoms with Crippen LogP contribution in [-0.2, 0) is 9.53 Å². The van der Waals surface area contributed by atoms with Gasteiger partial charge in [0.15, 0.2) is 0 Å². The second-order valence-corrected chi connectivity index (χ2v) is 6.76. The molecule has 0 aromatic heterocycles. The van der Waals surface area contributed by atoms with E-state index in [-0.39, 0.29) is 11.9 Å². The van der Waals surface area contributed by atoms with Crippen molar-refractivity contribution in [3.05, 3.63) is 0 Å². The Kier molecular flexibility index (Phi) is 17.2. The van der Waals surface area contributed by atoms with Gasteiger partial charge in [0.25, 0.3) is 0 Å². The molecule has 1 unspecified atom stereocenters. The maximum Gasteiger partial charge on any atom is 0.426 e. The highest BCUT2D eigenvalue weighted by Gasteiger charge is 2.12. The zero-order chi connectivity index (χ0) is 21.0. The lowest BCUT2D eigenvalue weighted by molar-refractivity contribution is -0.131. The molecule has 0 aromatic rings. The lowest BCUT2D eigenvalue weighted by Gasteiger charge is -2.21. The minimum atomic E-state index is -0.594. The molecular formula is C18H39N7O3. The first kappa shape index (κ1) is 26.1. The van der Waals surface area contributed by atoms with Gasteiger partial charge in [0.1, 0.15) is 0 Å². The number of nitrogens with zero attached hydrogens (tertiary/aromatic N) is 2. The molecule has 0 aromatic carbocycles. The molecule has 0 saturated carbocycles. The third kappa shape index (κ3) is 17.5. The van der Waals surface area contributed by atoms with Gasteiger partial charge in [-0.1, -0.05) is 12.8 Å². The highest BCUT2D eigenvalue weighted by molar-refractivity contribution is 5.77. The molecule has 0 spiro atoms. The van der Waals surface area contributed by atoms with Crippen LogP contribution in [0.2, 0.25) is 0 Å². The van der Waals surface area contributed by atoms with Crippen molar-refractivity contribution in [1.82, 2.24) is 21.2 Å². The predicted molar refractivity (Wildman–Crippen MR) is 111 cm³/mol. The summed E-state index contributed by atoms with van der Waals surface area (Å²) < 4.78 is 5.13. The largest absolute Gasteiger partial charge is 0.448 e. The number of nitrogens with one attached hydrogen (secondary N) is 3. The van der Waals surface area contributed by atoms with E-state index in [4.69, 9.17) is 16.3 Å². The first-order chi connectivity index (χ1) is 13.5. The van der Waals surface area contributed by atoms with Crippen molar-refractivity contribution < 1.29 is 14.3 Å². The van der Waals surface area contributed by atoms with Crippen LogP contribution >= 0.6 is 0 Å². The van der Waals surface area contributed by atoms with Crippen LogP contribution in [0.3, 0.4) is 0 Å². The molecule has 28 heavy (non-hydrogen) atoms. The zero-order valence-corrected chi connectivity index (χ0v) is 17.4. The molecule has 0 rings (SSSR count). The lowest BCUT2D eigenvalue weighted by atomic mass is 10.2. The maximum atomic E-state index is 11.8. The summed E-state index contributed by atoms with van der Waals surface area (Å²) in [6, 6.07) is 0.205. The summed E-state index contributed by atoms with van der Waals surface area (Å²) in [5, 5.41) is 4.59. The number of carbonyl (C=O) groups is 2. The van der Waals surface area contributed by atoms with Gasteiger partial charge in [-0.2, -0.15) is 0 Å². The Balaban J connectivity index is 3.72. The monoisotopic (exact) mass is 401 g/mol. The van der Waals surface area contributed by atoms with E-state index in [2.05, 4.69) is 21.2 Å². The van der Waals surface area contributed by atoms with Gasteiger partial charge in [-0.15, -0.1) is 0 Å². The van der Waals surface area contributed by atoms with Crippen molar-refractivity contribution in [1.29, 1.82) is 0 Å². The molecule has 0 aliphatic carbocycles. The number of unbranched alkanes of at least 4 members (excludes halogenated alkanes) is 4. The van der Waals surface area contributed by atoms with Crippen molar-refractivity contribution in [2.75, 3.05) is 32.8 Å². The van der Waals surface area contributed by atoms with E-state index in [0.29, 0.717) is 19.7 Å². The Labute approximate surface area is 168 Å². The predicted octanol–water partition coefficient (Wildman–Crippen LogP) is 0.635. The standard InChI is InChI=1S/C18H39N7O3/c1-16(19)9-12-21-10-6-8-14-28-18(27)24-25(17(2)26)13-7-4-3-5-11-22-15-23-20/h15-16,21H,3-14,19-20H2,1-2H3,(H,22,23)(H,24,27). The van der Waals surface area contributed by atoms with Gasteiger partial charge in [-0.3, -0.25) is 14.8 Å². The van der Waals surface area contributed by atoms with Crippen molar-refractivity contribution in [3.63, 3.8) is 0 Å². The summed E-state index contributed by atoms with van der Waals surface area (Å²) in [4.78, 5) is 27.5. The van der Waals surface area contributed by atoms with E-state index in [1.807, 2.05) is 6.92 Å². The fourth-order valence-corrected chi connectivity index (χ4v) is 2.35. The third-order valence-corrected chi connectivity index (χ3v) is 3.95. The molecule has 164 valence electrons. The van der Waals surface area contributed by atoms with Crippen LogP contribution in [0.1, 0.15) is 58.8 Å². The Morgan fingerprint density at radius 3 is 2.57 bits per heavy atom. The number of hydrogen-bond acceptors (Lipinski definition) is 7. The quantitative estimate of drug-likeness (QED) is 0.0838. The van der Waals surface area contributed by atoms with E-state index in [9.17, 15) is 9.59 Å². The number of hydrazine groups is 2. The van der Waals surface area contributed by atoms with Crippen molar-refractivity contribution in [3.8, 4) is 0 Å². The maximum absolute atomic E-state index is 11.8. The molecular weight excluding hydrogens is 362 g/mol. The van der Waals surface area contributed by atoms with E-state index < -0.39 is 6.09 Å². The highest BCUT2D eigenvalue weighted by atomic mass is 16.6. The van der Waals surface area contributed by atoms with Crippen LogP contribution in [-0.4, -0.2) is 62.2 Å². The number of carbonyl (C=O) groups excluding carboxylic acids is 2. The van der Waals surface area contributed by atoms with Gasteiger partial charge in [-0.05, 0) is 52.1 Å². The van der Waals surface area contributed by atoms with Crippen LogP contribution in [0.15, 0.2) is 4.99 Å². The van der Waals surface area contributed by atoms with Crippen molar-refractivity contribution in [2.24, 2.45) is 16.6 Å². The molecule has 0 fully saturated rings. The van der Waals surface area contributed by atoms with E-state index in [1.165, 1.54) is 18.3 Å².